The van der Waals surface area contributed by atoms with E-state index in [0.717, 1.165) is 17.8 Å². The molecule has 0 aliphatic heterocycles. The largest absolute Gasteiger partial charge is 0.370 e. The van der Waals surface area contributed by atoms with Crippen molar-refractivity contribution in [2.24, 2.45) is 0 Å². The zero-order chi connectivity index (χ0) is 17.5. The molecule has 0 aromatic heterocycles. The van der Waals surface area contributed by atoms with Crippen molar-refractivity contribution in [3.8, 4) is 0 Å². The Balaban J connectivity index is 2.11. The van der Waals surface area contributed by atoms with Crippen molar-refractivity contribution >= 4 is 0 Å². The fourth-order valence-electron chi connectivity index (χ4n) is 2.66. The van der Waals surface area contributed by atoms with Gasteiger partial charge in [0, 0.05) is 12.1 Å². The highest BCUT2D eigenvalue weighted by molar-refractivity contribution is 5.21. The first-order valence-corrected chi connectivity index (χ1v) is 8.14. The molecule has 0 aliphatic carbocycles. The molecule has 128 valence electrons. The summed E-state index contributed by atoms with van der Waals surface area (Å²) in [6.45, 7) is 8.07. The molecule has 0 spiro atoms. The second-order valence-corrected chi connectivity index (χ2v) is 6.26. The molecule has 2 aromatic carbocycles. The molecule has 1 atom stereocenters. The summed E-state index contributed by atoms with van der Waals surface area (Å²) in [7, 11) is 0. The van der Waals surface area contributed by atoms with E-state index in [1.54, 1.807) is 6.07 Å². The first-order valence-electron chi connectivity index (χ1n) is 8.14. The van der Waals surface area contributed by atoms with E-state index in [2.05, 4.69) is 29.3 Å². The van der Waals surface area contributed by atoms with Crippen LogP contribution in [0.4, 0.5) is 8.78 Å². The molecule has 2 rings (SSSR count). The van der Waals surface area contributed by atoms with E-state index in [1.165, 1.54) is 17.7 Å². The van der Waals surface area contributed by atoms with Gasteiger partial charge in [0.25, 0.3) is 0 Å². The van der Waals surface area contributed by atoms with Crippen molar-refractivity contribution in [1.82, 2.24) is 10.6 Å². The molecule has 4 heteroatoms. The maximum Gasteiger partial charge on any atom is 0.159 e. The minimum Gasteiger partial charge on any atom is -0.370 e. The Morgan fingerprint density at radius 1 is 0.917 bits per heavy atom. The smallest absolute Gasteiger partial charge is 0.159 e. The van der Waals surface area contributed by atoms with Gasteiger partial charge in [-0.15, -0.1) is 0 Å². The molecule has 0 radical (unpaired) electrons. The Morgan fingerprint density at radius 3 is 2.21 bits per heavy atom. The molecular formula is C20H24F2N2. The molecule has 2 N–H and O–H groups in total. The zero-order valence-corrected chi connectivity index (χ0v) is 14.2. The SMILES string of the molecule is C=C(NC(C)C)NC(Cc1ccccc1)Cc1ccc(F)c(F)c1. The monoisotopic (exact) mass is 330 g/mol. The number of rotatable bonds is 8. The van der Waals surface area contributed by atoms with Gasteiger partial charge >= 0.3 is 0 Å². The van der Waals surface area contributed by atoms with E-state index in [1.807, 2.05) is 32.0 Å². The Labute approximate surface area is 142 Å². The van der Waals surface area contributed by atoms with Gasteiger partial charge in [-0.1, -0.05) is 43.0 Å². The van der Waals surface area contributed by atoms with Crippen LogP contribution in [0.5, 0.6) is 0 Å². The summed E-state index contributed by atoms with van der Waals surface area (Å²) in [6, 6.07) is 14.4. The van der Waals surface area contributed by atoms with Crippen LogP contribution in [0.3, 0.4) is 0 Å². The fourth-order valence-corrected chi connectivity index (χ4v) is 2.66. The molecule has 1 unspecified atom stereocenters. The topological polar surface area (TPSA) is 24.1 Å². The number of hydrogen-bond acceptors (Lipinski definition) is 2. The molecule has 2 nitrogen and oxygen atoms in total. The van der Waals surface area contributed by atoms with Crippen molar-refractivity contribution in [3.05, 3.63) is 83.7 Å². The maximum absolute atomic E-state index is 13.5. The normalized spacial score (nSPS) is 12.0. The second kappa shape index (κ2) is 8.48. The third kappa shape index (κ3) is 5.69. The van der Waals surface area contributed by atoms with Crippen LogP contribution < -0.4 is 10.6 Å². The zero-order valence-electron chi connectivity index (χ0n) is 14.2. The Bertz CT molecular complexity index is 669. The number of benzene rings is 2. The van der Waals surface area contributed by atoms with E-state index < -0.39 is 11.6 Å². The lowest BCUT2D eigenvalue weighted by atomic mass is 9.99. The molecule has 0 saturated heterocycles. The van der Waals surface area contributed by atoms with Crippen LogP contribution in [0.15, 0.2) is 60.9 Å². The lowest BCUT2D eigenvalue weighted by molar-refractivity contribution is 0.496. The van der Waals surface area contributed by atoms with Gasteiger partial charge in [-0.3, -0.25) is 0 Å². The van der Waals surface area contributed by atoms with E-state index in [4.69, 9.17) is 0 Å². The van der Waals surface area contributed by atoms with Crippen molar-refractivity contribution in [3.63, 3.8) is 0 Å². The van der Waals surface area contributed by atoms with E-state index in [9.17, 15) is 8.78 Å². The van der Waals surface area contributed by atoms with Crippen molar-refractivity contribution in [2.45, 2.75) is 38.8 Å². The average Bonchev–Trinajstić information content (AvgIpc) is 2.51. The van der Waals surface area contributed by atoms with E-state index in [-0.39, 0.29) is 12.1 Å². The average molecular weight is 330 g/mol. The molecule has 0 heterocycles. The van der Waals surface area contributed by atoms with Crippen LogP contribution in [-0.4, -0.2) is 12.1 Å². The van der Waals surface area contributed by atoms with Crippen LogP contribution in [0, 0.1) is 11.6 Å². The van der Waals surface area contributed by atoms with Crippen LogP contribution in [0.1, 0.15) is 25.0 Å². The van der Waals surface area contributed by atoms with Crippen LogP contribution in [0.2, 0.25) is 0 Å². The summed E-state index contributed by atoms with van der Waals surface area (Å²) in [5.41, 5.74) is 1.93. The molecule has 0 aliphatic rings. The quantitative estimate of drug-likeness (QED) is 0.759. The summed E-state index contributed by atoms with van der Waals surface area (Å²) in [5.74, 6) is -0.907. The van der Waals surface area contributed by atoms with Gasteiger partial charge < -0.3 is 10.6 Å². The maximum atomic E-state index is 13.5. The van der Waals surface area contributed by atoms with Crippen molar-refractivity contribution < 1.29 is 8.78 Å². The van der Waals surface area contributed by atoms with Crippen LogP contribution in [0.25, 0.3) is 0 Å². The van der Waals surface area contributed by atoms with Gasteiger partial charge in [0.1, 0.15) is 0 Å². The summed E-state index contributed by atoms with van der Waals surface area (Å²) in [5, 5.41) is 6.58. The van der Waals surface area contributed by atoms with Crippen LogP contribution in [-0.2, 0) is 12.8 Å². The fraction of sp³-hybridized carbons (Fsp3) is 0.300. The first-order chi connectivity index (χ1) is 11.4. The minimum absolute atomic E-state index is 0.0241. The third-order valence-electron chi connectivity index (χ3n) is 3.63. The first kappa shape index (κ1) is 18.0. The van der Waals surface area contributed by atoms with E-state index in [0.29, 0.717) is 6.42 Å². The minimum atomic E-state index is -0.822. The third-order valence-corrected chi connectivity index (χ3v) is 3.63. The number of halogens is 2. The number of hydrogen-bond donors (Lipinski definition) is 2. The Kier molecular flexibility index (Phi) is 6.36. The van der Waals surface area contributed by atoms with Gasteiger partial charge in [0.05, 0.1) is 5.82 Å². The Hall–Kier alpha value is -2.36. The standard InChI is InChI=1S/C20H24F2N2/c1-14(2)23-15(3)24-18(11-16-7-5-4-6-8-16)12-17-9-10-19(21)20(22)13-17/h4-10,13-14,18,23-24H,3,11-12H2,1-2H3. The van der Waals surface area contributed by atoms with Gasteiger partial charge in [-0.05, 0) is 49.9 Å². The lowest BCUT2D eigenvalue weighted by Crippen LogP contribution is -2.39. The molecule has 0 bridgehead atoms. The molecule has 0 saturated carbocycles. The molecule has 24 heavy (non-hydrogen) atoms. The van der Waals surface area contributed by atoms with Crippen LogP contribution >= 0.6 is 0 Å². The predicted octanol–water partition coefficient (Wildman–Crippen LogP) is 4.18. The summed E-state index contributed by atoms with van der Waals surface area (Å²) < 4.78 is 26.6. The van der Waals surface area contributed by atoms with Gasteiger partial charge in [0.2, 0.25) is 0 Å². The summed E-state index contributed by atoms with van der Waals surface area (Å²) in [4.78, 5) is 0. The number of nitrogens with one attached hydrogen (secondary N) is 2. The molecule has 0 fully saturated rings. The predicted molar refractivity (Wildman–Crippen MR) is 94.5 cm³/mol. The van der Waals surface area contributed by atoms with E-state index >= 15 is 0 Å². The van der Waals surface area contributed by atoms with Crippen molar-refractivity contribution in [2.75, 3.05) is 0 Å². The van der Waals surface area contributed by atoms with Gasteiger partial charge in [0.15, 0.2) is 11.6 Å². The molecule has 0 amide bonds. The summed E-state index contributed by atoms with van der Waals surface area (Å²) in [6.07, 6.45) is 1.34. The molecular weight excluding hydrogens is 306 g/mol. The second-order valence-electron chi connectivity index (χ2n) is 6.26. The van der Waals surface area contributed by atoms with Gasteiger partial charge in [-0.2, -0.15) is 0 Å². The Morgan fingerprint density at radius 2 is 1.58 bits per heavy atom. The highest BCUT2D eigenvalue weighted by Gasteiger charge is 2.13. The summed E-state index contributed by atoms with van der Waals surface area (Å²) >= 11 is 0. The highest BCUT2D eigenvalue weighted by Crippen LogP contribution is 2.13. The van der Waals surface area contributed by atoms with Gasteiger partial charge in [-0.25, -0.2) is 8.78 Å². The molecule has 2 aromatic rings. The lowest BCUT2D eigenvalue weighted by Gasteiger charge is -2.24. The highest BCUT2D eigenvalue weighted by atomic mass is 19.2. The van der Waals surface area contributed by atoms with Crippen molar-refractivity contribution in [1.29, 1.82) is 0 Å².